The van der Waals surface area contributed by atoms with Gasteiger partial charge in [-0.2, -0.15) is 0 Å². The van der Waals surface area contributed by atoms with Crippen molar-refractivity contribution in [1.82, 2.24) is 10.2 Å². The fourth-order valence-electron chi connectivity index (χ4n) is 2.59. The summed E-state index contributed by atoms with van der Waals surface area (Å²) < 4.78 is 5.80. The Bertz CT molecular complexity index is 174. The van der Waals surface area contributed by atoms with Crippen molar-refractivity contribution < 1.29 is 4.74 Å². The largest absolute Gasteiger partial charge is 0.362 e. The van der Waals surface area contributed by atoms with E-state index in [9.17, 15) is 0 Å². The lowest BCUT2D eigenvalue weighted by Crippen LogP contribution is -2.55. The van der Waals surface area contributed by atoms with Gasteiger partial charge in [0.15, 0.2) is 0 Å². The molecule has 0 saturated carbocycles. The van der Waals surface area contributed by atoms with Crippen LogP contribution in [0.4, 0.5) is 0 Å². The van der Waals surface area contributed by atoms with Crippen LogP contribution in [0.5, 0.6) is 0 Å². The van der Waals surface area contributed by atoms with Gasteiger partial charge in [-0.15, -0.1) is 12.4 Å². The zero-order valence-corrected chi connectivity index (χ0v) is 10.4. The number of halogens is 1. The van der Waals surface area contributed by atoms with Crippen molar-refractivity contribution in [3.05, 3.63) is 0 Å². The summed E-state index contributed by atoms with van der Waals surface area (Å²) in [5, 5.41) is 3.49. The molecule has 0 aromatic carbocycles. The van der Waals surface area contributed by atoms with E-state index in [4.69, 9.17) is 4.74 Å². The van der Waals surface area contributed by atoms with Crippen LogP contribution in [0, 0.1) is 0 Å². The summed E-state index contributed by atoms with van der Waals surface area (Å²) in [6.07, 6.45) is 5.48. The predicted octanol–water partition coefficient (Wildman–Crippen LogP) is 1.62. The van der Waals surface area contributed by atoms with E-state index < -0.39 is 0 Å². The molecule has 0 spiro atoms. The summed E-state index contributed by atoms with van der Waals surface area (Å²) in [7, 11) is 0. The lowest BCUT2D eigenvalue weighted by molar-refractivity contribution is -0.0642. The van der Waals surface area contributed by atoms with E-state index in [0.29, 0.717) is 12.3 Å². The monoisotopic (exact) mass is 234 g/mol. The van der Waals surface area contributed by atoms with Gasteiger partial charge in [-0.25, -0.2) is 0 Å². The van der Waals surface area contributed by atoms with Crippen LogP contribution in [0.3, 0.4) is 0 Å². The third-order valence-electron chi connectivity index (χ3n) is 3.38. The molecule has 90 valence electrons. The first-order chi connectivity index (χ1) is 6.92. The minimum absolute atomic E-state index is 0. The summed E-state index contributed by atoms with van der Waals surface area (Å²) in [6.45, 7) is 6.72. The second kappa shape index (κ2) is 6.69. The fourth-order valence-corrected chi connectivity index (χ4v) is 2.59. The number of likely N-dealkylation sites (N-methyl/N-ethyl adjacent to an activating group) is 1. The highest BCUT2D eigenvalue weighted by Crippen LogP contribution is 2.21. The minimum atomic E-state index is 0. The Morgan fingerprint density at radius 1 is 1.33 bits per heavy atom. The van der Waals surface area contributed by atoms with Crippen LogP contribution >= 0.6 is 12.4 Å². The van der Waals surface area contributed by atoms with Crippen LogP contribution in [-0.2, 0) is 4.74 Å². The normalized spacial score (nSPS) is 33.4. The van der Waals surface area contributed by atoms with Gasteiger partial charge in [-0.05, 0) is 38.9 Å². The molecular weight excluding hydrogens is 212 g/mol. The maximum Gasteiger partial charge on any atom is 0.123 e. The van der Waals surface area contributed by atoms with Crippen molar-refractivity contribution in [1.29, 1.82) is 0 Å². The molecule has 15 heavy (non-hydrogen) atoms. The van der Waals surface area contributed by atoms with Gasteiger partial charge in [-0.3, -0.25) is 10.2 Å². The first-order valence-electron chi connectivity index (χ1n) is 6.01. The van der Waals surface area contributed by atoms with Gasteiger partial charge in [-0.1, -0.05) is 13.3 Å². The Kier molecular flexibility index (Phi) is 5.90. The van der Waals surface area contributed by atoms with Gasteiger partial charge >= 0.3 is 0 Å². The van der Waals surface area contributed by atoms with Gasteiger partial charge in [0.25, 0.3) is 0 Å². The fraction of sp³-hybridized carbons (Fsp3) is 1.00. The molecule has 0 amide bonds. The topological polar surface area (TPSA) is 24.5 Å². The molecule has 2 fully saturated rings. The molecule has 2 aliphatic heterocycles. The molecule has 0 aromatic rings. The average Bonchev–Trinajstić information content (AvgIpc) is 2.30. The SMILES string of the molecule is CCN1CCCCC1C1NCCCO1.Cl. The Hall–Kier alpha value is 0.170. The summed E-state index contributed by atoms with van der Waals surface area (Å²) >= 11 is 0. The molecule has 1 N–H and O–H groups in total. The summed E-state index contributed by atoms with van der Waals surface area (Å²) in [5.74, 6) is 0. The minimum Gasteiger partial charge on any atom is -0.362 e. The first-order valence-corrected chi connectivity index (χ1v) is 6.01. The number of piperidine rings is 1. The number of ether oxygens (including phenoxy) is 1. The highest BCUT2D eigenvalue weighted by Gasteiger charge is 2.30. The standard InChI is InChI=1S/C11H22N2O.ClH/c1-2-13-8-4-3-6-10(13)11-12-7-5-9-14-11;/h10-12H,2-9H2,1H3;1H. The van der Waals surface area contributed by atoms with Crippen molar-refractivity contribution >= 4 is 12.4 Å². The van der Waals surface area contributed by atoms with Gasteiger partial charge in [0.1, 0.15) is 6.23 Å². The van der Waals surface area contributed by atoms with Crippen LogP contribution in [0.2, 0.25) is 0 Å². The number of rotatable bonds is 2. The lowest BCUT2D eigenvalue weighted by atomic mass is 10.0. The summed E-state index contributed by atoms with van der Waals surface area (Å²) in [6, 6.07) is 0.619. The van der Waals surface area contributed by atoms with Gasteiger partial charge < -0.3 is 4.74 Å². The molecule has 0 aromatic heterocycles. The highest BCUT2D eigenvalue weighted by atomic mass is 35.5. The molecular formula is C11H23ClN2O. The molecule has 2 unspecified atom stereocenters. The molecule has 2 heterocycles. The van der Waals surface area contributed by atoms with Crippen molar-refractivity contribution in [2.45, 2.75) is 44.9 Å². The predicted molar refractivity (Wildman–Crippen MR) is 64.5 cm³/mol. The maximum atomic E-state index is 5.80. The van der Waals surface area contributed by atoms with Crippen molar-refractivity contribution in [2.75, 3.05) is 26.2 Å². The molecule has 2 atom stereocenters. The van der Waals surface area contributed by atoms with E-state index in [1.807, 2.05) is 0 Å². The van der Waals surface area contributed by atoms with Crippen LogP contribution in [0.1, 0.15) is 32.6 Å². The lowest BCUT2D eigenvalue weighted by Gasteiger charge is -2.41. The first kappa shape index (κ1) is 13.2. The average molecular weight is 235 g/mol. The number of hydrogen-bond donors (Lipinski definition) is 1. The van der Waals surface area contributed by atoms with Crippen molar-refractivity contribution in [3.63, 3.8) is 0 Å². The number of nitrogens with zero attached hydrogens (tertiary/aromatic N) is 1. The molecule has 0 bridgehead atoms. The number of hydrogen-bond acceptors (Lipinski definition) is 3. The Morgan fingerprint density at radius 2 is 2.20 bits per heavy atom. The van der Waals surface area contributed by atoms with Gasteiger partial charge in [0.05, 0.1) is 0 Å². The highest BCUT2D eigenvalue weighted by molar-refractivity contribution is 5.85. The third-order valence-corrected chi connectivity index (χ3v) is 3.38. The van der Waals surface area contributed by atoms with Crippen LogP contribution in [0.25, 0.3) is 0 Å². The Balaban J connectivity index is 0.00000112. The Morgan fingerprint density at radius 3 is 2.87 bits per heavy atom. The zero-order chi connectivity index (χ0) is 9.80. The summed E-state index contributed by atoms with van der Waals surface area (Å²) in [4.78, 5) is 2.56. The van der Waals surface area contributed by atoms with E-state index in [2.05, 4.69) is 17.1 Å². The Labute approximate surface area is 99.0 Å². The van der Waals surface area contributed by atoms with E-state index in [1.54, 1.807) is 0 Å². The van der Waals surface area contributed by atoms with Crippen LogP contribution < -0.4 is 5.32 Å². The molecule has 2 aliphatic rings. The van der Waals surface area contributed by atoms with Crippen LogP contribution in [0.15, 0.2) is 0 Å². The molecule has 2 rings (SSSR count). The second-order valence-electron chi connectivity index (χ2n) is 4.29. The molecule has 4 heteroatoms. The number of likely N-dealkylation sites (tertiary alicyclic amines) is 1. The van der Waals surface area contributed by atoms with Crippen molar-refractivity contribution in [2.24, 2.45) is 0 Å². The molecule has 2 saturated heterocycles. The number of nitrogens with one attached hydrogen (secondary N) is 1. The maximum absolute atomic E-state index is 5.80. The van der Waals surface area contributed by atoms with Gasteiger partial charge in [0.2, 0.25) is 0 Å². The van der Waals surface area contributed by atoms with Gasteiger partial charge in [0, 0.05) is 12.6 Å². The van der Waals surface area contributed by atoms with Crippen LogP contribution in [-0.4, -0.2) is 43.4 Å². The molecule has 0 aliphatic carbocycles. The molecule has 3 nitrogen and oxygen atoms in total. The molecule has 0 radical (unpaired) electrons. The van der Waals surface area contributed by atoms with E-state index in [0.717, 1.165) is 26.1 Å². The van der Waals surface area contributed by atoms with E-state index >= 15 is 0 Å². The quantitative estimate of drug-likeness (QED) is 0.786. The van der Waals surface area contributed by atoms with E-state index in [-0.39, 0.29) is 12.4 Å². The van der Waals surface area contributed by atoms with Crippen molar-refractivity contribution in [3.8, 4) is 0 Å². The zero-order valence-electron chi connectivity index (χ0n) is 9.58. The third kappa shape index (κ3) is 3.31. The summed E-state index contributed by atoms with van der Waals surface area (Å²) in [5.41, 5.74) is 0. The van der Waals surface area contributed by atoms with E-state index in [1.165, 1.54) is 25.8 Å². The smallest absolute Gasteiger partial charge is 0.123 e. The second-order valence-corrected chi connectivity index (χ2v) is 4.29.